The molecule has 6 heteroatoms. The first-order valence-corrected chi connectivity index (χ1v) is 9.00. The van der Waals surface area contributed by atoms with Crippen molar-refractivity contribution in [1.82, 2.24) is 0 Å². The van der Waals surface area contributed by atoms with E-state index in [9.17, 15) is 10.2 Å². The number of benzene rings is 2. The molecule has 138 valence electrons. The molecule has 0 radical (unpaired) electrons. The average Bonchev–Trinajstić information content (AvgIpc) is 3.37. The molecule has 0 amide bonds. The van der Waals surface area contributed by atoms with E-state index in [1.807, 2.05) is 42.5 Å². The molecule has 4 rings (SSSR count). The minimum absolute atomic E-state index is 0.199. The molecule has 0 aromatic heterocycles. The first-order valence-electron chi connectivity index (χ1n) is 8.62. The topological polar surface area (TPSA) is 71.5 Å². The molecule has 0 aliphatic carbocycles. The van der Waals surface area contributed by atoms with Crippen LogP contribution >= 0.6 is 11.6 Å². The van der Waals surface area contributed by atoms with Crippen molar-refractivity contribution in [2.75, 3.05) is 13.7 Å². The highest BCUT2D eigenvalue weighted by Crippen LogP contribution is 2.54. The Labute approximate surface area is 157 Å². The Hall–Kier alpha value is -1.63. The Bertz CT molecular complexity index is 793. The van der Waals surface area contributed by atoms with E-state index >= 15 is 0 Å². The standard InChI is InChI=1S/C20H21ClO5/c1-24-15-5-2-12(3-6-15)8-13-9-14(4-7-16(13)21)20-19(26-20)10-17(23)18(11-22)25-20/h2-7,9,17-19,22-23H,8,10-11H2,1H3. The van der Waals surface area contributed by atoms with Crippen LogP contribution in [0.1, 0.15) is 23.1 Å². The number of halogens is 1. The molecule has 2 saturated heterocycles. The van der Waals surface area contributed by atoms with Crippen LogP contribution in [-0.2, 0) is 21.7 Å². The lowest BCUT2D eigenvalue weighted by atomic mass is 9.94. The summed E-state index contributed by atoms with van der Waals surface area (Å²) in [6, 6.07) is 13.6. The van der Waals surface area contributed by atoms with E-state index in [0.29, 0.717) is 17.9 Å². The van der Waals surface area contributed by atoms with E-state index in [1.165, 1.54) is 0 Å². The van der Waals surface area contributed by atoms with Gasteiger partial charge in [-0.1, -0.05) is 29.8 Å². The van der Waals surface area contributed by atoms with E-state index in [2.05, 4.69) is 0 Å². The summed E-state index contributed by atoms with van der Waals surface area (Å²) in [5, 5.41) is 20.1. The van der Waals surface area contributed by atoms with Crippen LogP contribution in [0, 0.1) is 0 Å². The Morgan fingerprint density at radius 2 is 1.96 bits per heavy atom. The van der Waals surface area contributed by atoms with Crippen molar-refractivity contribution in [2.45, 2.75) is 36.9 Å². The number of aliphatic hydroxyl groups is 2. The third-order valence-corrected chi connectivity index (χ3v) is 5.45. The highest BCUT2D eigenvalue weighted by Gasteiger charge is 2.64. The van der Waals surface area contributed by atoms with Crippen molar-refractivity contribution in [1.29, 1.82) is 0 Å². The number of aliphatic hydroxyl groups excluding tert-OH is 2. The Balaban J connectivity index is 1.59. The first-order chi connectivity index (χ1) is 12.6. The number of epoxide rings is 1. The van der Waals surface area contributed by atoms with Crippen LogP contribution in [0.25, 0.3) is 0 Å². The molecule has 0 bridgehead atoms. The Morgan fingerprint density at radius 1 is 1.19 bits per heavy atom. The van der Waals surface area contributed by atoms with Gasteiger partial charge in [0.2, 0.25) is 5.79 Å². The monoisotopic (exact) mass is 376 g/mol. The van der Waals surface area contributed by atoms with Crippen LogP contribution in [0.3, 0.4) is 0 Å². The van der Waals surface area contributed by atoms with Crippen molar-refractivity contribution in [3.63, 3.8) is 0 Å². The van der Waals surface area contributed by atoms with Gasteiger partial charge in [0.1, 0.15) is 18.0 Å². The molecule has 4 unspecified atom stereocenters. The second-order valence-electron chi connectivity index (χ2n) is 6.75. The third-order valence-electron chi connectivity index (χ3n) is 5.08. The van der Waals surface area contributed by atoms with Gasteiger partial charge in [0, 0.05) is 17.0 Å². The maximum Gasteiger partial charge on any atom is 0.223 e. The first kappa shape index (κ1) is 17.8. The van der Waals surface area contributed by atoms with Gasteiger partial charge in [-0.25, -0.2) is 0 Å². The van der Waals surface area contributed by atoms with E-state index in [4.69, 9.17) is 25.8 Å². The molecule has 2 aromatic rings. The summed E-state index contributed by atoms with van der Waals surface area (Å²) >= 11 is 6.40. The predicted molar refractivity (Wildman–Crippen MR) is 96.4 cm³/mol. The van der Waals surface area contributed by atoms with Crippen molar-refractivity contribution >= 4 is 11.6 Å². The molecule has 0 saturated carbocycles. The maximum absolute atomic E-state index is 9.97. The van der Waals surface area contributed by atoms with Gasteiger partial charge in [0.05, 0.1) is 19.8 Å². The maximum atomic E-state index is 9.97. The largest absolute Gasteiger partial charge is 0.497 e. The highest BCUT2D eigenvalue weighted by atomic mass is 35.5. The van der Waals surface area contributed by atoms with Gasteiger partial charge >= 0.3 is 0 Å². The van der Waals surface area contributed by atoms with Gasteiger partial charge < -0.3 is 24.4 Å². The second kappa shape index (κ2) is 6.83. The predicted octanol–water partition coefficient (Wildman–Crippen LogP) is 2.63. The minimum atomic E-state index is -0.883. The van der Waals surface area contributed by atoms with Crippen LogP contribution in [0.15, 0.2) is 42.5 Å². The summed E-state index contributed by atoms with van der Waals surface area (Å²) < 4.78 is 16.9. The lowest BCUT2D eigenvalue weighted by molar-refractivity contribution is -0.161. The number of fused-ring (bicyclic) bond motifs is 1. The van der Waals surface area contributed by atoms with Crippen LogP contribution in [0.4, 0.5) is 0 Å². The van der Waals surface area contributed by atoms with Crippen LogP contribution < -0.4 is 4.74 Å². The van der Waals surface area contributed by atoms with Gasteiger partial charge in [0.25, 0.3) is 0 Å². The van der Waals surface area contributed by atoms with E-state index in [0.717, 1.165) is 22.4 Å². The molecule has 5 nitrogen and oxygen atoms in total. The molecule has 4 atom stereocenters. The SMILES string of the molecule is COc1ccc(Cc2cc(C34OC(CO)C(O)CC3O4)ccc2Cl)cc1. The summed E-state index contributed by atoms with van der Waals surface area (Å²) in [6.07, 6.45) is -0.443. The number of ether oxygens (including phenoxy) is 3. The van der Waals surface area contributed by atoms with Gasteiger partial charge in [-0.05, 0) is 41.8 Å². The Kier molecular flexibility index (Phi) is 4.67. The number of methoxy groups -OCH3 is 1. The fraction of sp³-hybridized carbons (Fsp3) is 0.400. The number of hydrogen-bond donors (Lipinski definition) is 2. The molecule has 2 fully saturated rings. The minimum Gasteiger partial charge on any atom is -0.497 e. The highest BCUT2D eigenvalue weighted by molar-refractivity contribution is 6.31. The van der Waals surface area contributed by atoms with Crippen LogP contribution in [0.2, 0.25) is 5.02 Å². The summed E-state index contributed by atoms with van der Waals surface area (Å²) in [7, 11) is 1.64. The zero-order chi connectivity index (χ0) is 18.3. The van der Waals surface area contributed by atoms with Crippen molar-refractivity contribution in [2.24, 2.45) is 0 Å². The lowest BCUT2D eigenvalue weighted by Crippen LogP contribution is -2.42. The molecule has 26 heavy (non-hydrogen) atoms. The molecular formula is C20H21ClO5. The van der Waals surface area contributed by atoms with Gasteiger partial charge in [-0.3, -0.25) is 0 Å². The van der Waals surface area contributed by atoms with E-state index in [-0.39, 0.29) is 12.7 Å². The number of rotatable bonds is 5. The lowest BCUT2D eigenvalue weighted by Gasteiger charge is -2.30. The van der Waals surface area contributed by atoms with Crippen molar-refractivity contribution < 1.29 is 24.4 Å². The molecule has 2 heterocycles. The molecule has 2 aliphatic rings. The average molecular weight is 377 g/mol. The van der Waals surface area contributed by atoms with Gasteiger partial charge in [0.15, 0.2) is 0 Å². The zero-order valence-corrected chi connectivity index (χ0v) is 15.1. The second-order valence-corrected chi connectivity index (χ2v) is 7.15. The van der Waals surface area contributed by atoms with Crippen LogP contribution in [0.5, 0.6) is 5.75 Å². The summed E-state index contributed by atoms with van der Waals surface area (Å²) in [6.45, 7) is -0.245. The number of hydrogen-bond acceptors (Lipinski definition) is 5. The quantitative estimate of drug-likeness (QED) is 0.785. The van der Waals surface area contributed by atoms with Gasteiger partial charge in [-0.15, -0.1) is 0 Å². The third kappa shape index (κ3) is 3.10. The fourth-order valence-electron chi connectivity index (χ4n) is 3.53. The molecule has 2 aliphatic heterocycles. The Morgan fingerprint density at radius 3 is 2.65 bits per heavy atom. The van der Waals surface area contributed by atoms with Crippen molar-refractivity contribution in [3.05, 3.63) is 64.2 Å². The molecule has 2 N–H and O–H groups in total. The van der Waals surface area contributed by atoms with Crippen molar-refractivity contribution in [3.8, 4) is 5.75 Å². The van der Waals surface area contributed by atoms with Crippen LogP contribution in [-0.4, -0.2) is 42.2 Å². The summed E-state index contributed by atoms with van der Waals surface area (Å²) in [5.74, 6) is -0.0720. The van der Waals surface area contributed by atoms with Gasteiger partial charge in [-0.2, -0.15) is 0 Å². The summed E-state index contributed by atoms with van der Waals surface area (Å²) in [5.41, 5.74) is 2.94. The summed E-state index contributed by atoms with van der Waals surface area (Å²) in [4.78, 5) is 0. The molecule has 2 aromatic carbocycles. The zero-order valence-electron chi connectivity index (χ0n) is 14.4. The van der Waals surface area contributed by atoms with E-state index < -0.39 is 18.0 Å². The molecular weight excluding hydrogens is 356 g/mol. The normalized spacial score (nSPS) is 29.9. The smallest absolute Gasteiger partial charge is 0.223 e. The molecule has 0 spiro atoms. The van der Waals surface area contributed by atoms with E-state index in [1.54, 1.807) is 7.11 Å². The fourth-order valence-corrected chi connectivity index (χ4v) is 3.71.